The third-order valence-corrected chi connectivity index (χ3v) is 13.9. The molecule has 0 amide bonds. The molecule has 5 aromatic rings. The predicted octanol–water partition coefficient (Wildman–Crippen LogP) is 18.9. The molecule has 1 N–H and O–H groups in total. The largest absolute Gasteiger partial charge is 0.494 e. The number of rotatable bonds is 42. The molecule has 0 spiro atoms. The summed E-state index contributed by atoms with van der Waals surface area (Å²) in [4.78, 5) is 29.1. The van der Waals surface area contributed by atoms with Gasteiger partial charge >= 0.3 is 11.9 Å². The fraction of sp³-hybridized carbons (Fsp3) is 0.562. The molecule has 0 unspecified atom stereocenters. The van der Waals surface area contributed by atoms with Crippen molar-refractivity contribution in [2.45, 2.75) is 219 Å². The predicted molar refractivity (Wildman–Crippen MR) is 300 cm³/mol. The molecular formula is C64H91N3O6. The number of ether oxygens (including phenoxy) is 4. The minimum Gasteiger partial charge on any atom is -0.494 e. The highest BCUT2D eigenvalue weighted by Gasteiger charge is 2.13. The summed E-state index contributed by atoms with van der Waals surface area (Å²) in [6.45, 7) is 5.92. The zero-order chi connectivity index (χ0) is 51.2. The van der Waals surface area contributed by atoms with Gasteiger partial charge in [0.05, 0.1) is 24.3 Å². The Labute approximate surface area is 440 Å². The van der Waals surface area contributed by atoms with Crippen LogP contribution in [0.15, 0.2) is 97.1 Å². The van der Waals surface area contributed by atoms with Crippen molar-refractivity contribution in [1.29, 1.82) is 0 Å². The van der Waals surface area contributed by atoms with Gasteiger partial charge in [0.2, 0.25) is 0 Å². The molecule has 73 heavy (non-hydrogen) atoms. The lowest BCUT2D eigenvalue weighted by Crippen LogP contribution is -2.08. The van der Waals surface area contributed by atoms with Gasteiger partial charge in [-0.3, -0.25) is 0 Å². The molecule has 0 fully saturated rings. The first-order valence-corrected chi connectivity index (χ1v) is 29.1. The Hall–Kier alpha value is -5.44. The molecule has 9 nitrogen and oxygen atoms in total. The third kappa shape index (κ3) is 24.9. The second-order valence-electron chi connectivity index (χ2n) is 20.2. The second kappa shape index (κ2) is 37.3. The highest BCUT2D eigenvalue weighted by Crippen LogP contribution is 2.26. The quantitative estimate of drug-likeness (QED) is 0.0234. The first-order chi connectivity index (χ1) is 36.0. The fourth-order valence-corrected chi connectivity index (χ4v) is 9.27. The molecule has 0 aliphatic rings. The van der Waals surface area contributed by atoms with Crippen molar-refractivity contribution in [2.24, 2.45) is 0 Å². The molecule has 0 saturated carbocycles. The molecule has 1 aromatic heterocycles. The van der Waals surface area contributed by atoms with Crippen molar-refractivity contribution < 1.29 is 28.5 Å². The fourth-order valence-electron chi connectivity index (χ4n) is 9.27. The summed E-state index contributed by atoms with van der Waals surface area (Å²) in [5.41, 5.74) is 2.47. The number of carbonyl (C=O) groups is 2. The Morgan fingerprint density at radius 2 is 0.575 bits per heavy atom. The summed E-state index contributed by atoms with van der Waals surface area (Å²) in [6, 6.07) is 28.5. The normalized spacial score (nSPS) is 11.2. The Balaban J connectivity index is 0.891. The number of nitrogens with one attached hydrogen (secondary N) is 1. The number of esters is 2. The van der Waals surface area contributed by atoms with Crippen LogP contribution in [-0.2, 0) is 0 Å². The van der Waals surface area contributed by atoms with Gasteiger partial charge < -0.3 is 23.9 Å². The molecule has 0 saturated heterocycles. The minimum atomic E-state index is -0.438. The van der Waals surface area contributed by atoms with Crippen LogP contribution in [0.3, 0.4) is 0 Å². The van der Waals surface area contributed by atoms with E-state index in [1.165, 1.54) is 193 Å². The average Bonchev–Trinajstić information content (AvgIpc) is 3.92. The van der Waals surface area contributed by atoms with Crippen LogP contribution in [0.1, 0.15) is 240 Å². The van der Waals surface area contributed by atoms with E-state index in [0.29, 0.717) is 47.5 Å². The van der Waals surface area contributed by atoms with Crippen LogP contribution in [-0.4, -0.2) is 40.3 Å². The lowest BCUT2D eigenvalue weighted by Gasteiger charge is -2.08. The maximum Gasteiger partial charge on any atom is 0.343 e. The van der Waals surface area contributed by atoms with E-state index in [9.17, 15) is 9.59 Å². The van der Waals surface area contributed by atoms with E-state index in [0.717, 1.165) is 35.5 Å². The van der Waals surface area contributed by atoms with Crippen molar-refractivity contribution >= 4 is 11.9 Å². The number of benzene rings is 4. The van der Waals surface area contributed by atoms with Crippen molar-refractivity contribution in [3.63, 3.8) is 0 Å². The molecule has 0 radical (unpaired) electrons. The number of aromatic nitrogens is 3. The summed E-state index contributed by atoms with van der Waals surface area (Å²) >= 11 is 0. The minimum absolute atomic E-state index is 0.424. The smallest absolute Gasteiger partial charge is 0.343 e. The van der Waals surface area contributed by atoms with Crippen molar-refractivity contribution in [3.05, 3.63) is 108 Å². The molecular weight excluding hydrogens is 907 g/mol. The monoisotopic (exact) mass is 998 g/mol. The van der Waals surface area contributed by atoms with E-state index >= 15 is 0 Å². The molecule has 0 bridgehead atoms. The van der Waals surface area contributed by atoms with E-state index in [2.05, 4.69) is 29.0 Å². The Bertz CT molecular complexity index is 2010. The highest BCUT2D eigenvalue weighted by atomic mass is 16.5. The van der Waals surface area contributed by atoms with Gasteiger partial charge in [0.1, 0.15) is 23.0 Å². The maximum atomic E-state index is 12.9. The number of hydrogen-bond acceptors (Lipinski definition) is 8. The number of unbranched alkanes of at least 4 members (excludes halogenated alkanes) is 30. The van der Waals surface area contributed by atoms with Gasteiger partial charge in [0.25, 0.3) is 0 Å². The molecule has 5 rings (SSSR count). The number of hydrogen-bond donors (Lipinski definition) is 1. The highest BCUT2D eigenvalue weighted by molar-refractivity contribution is 5.91. The molecule has 398 valence electrons. The van der Waals surface area contributed by atoms with E-state index in [1.807, 2.05) is 48.5 Å². The number of H-pyrrole nitrogens is 1. The molecule has 4 aromatic carbocycles. The molecule has 0 aliphatic heterocycles. The molecule has 0 aliphatic carbocycles. The van der Waals surface area contributed by atoms with Gasteiger partial charge in [0, 0.05) is 11.1 Å². The van der Waals surface area contributed by atoms with Gasteiger partial charge in [-0.15, -0.1) is 10.2 Å². The van der Waals surface area contributed by atoms with Gasteiger partial charge in [-0.1, -0.05) is 206 Å². The Morgan fingerprint density at radius 1 is 0.329 bits per heavy atom. The topological polar surface area (TPSA) is 113 Å². The lowest BCUT2D eigenvalue weighted by molar-refractivity contribution is 0.0725. The summed E-state index contributed by atoms with van der Waals surface area (Å²) in [5.74, 6) is 2.61. The summed E-state index contributed by atoms with van der Waals surface area (Å²) in [5, 5.41) is 8.66. The molecule has 0 atom stereocenters. The molecule has 1 heterocycles. The number of carbonyl (C=O) groups excluding carboxylic acids is 2. The van der Waals surface area contributed by atoms with Crippen LogP contribution in [0.25, 0.3) is 22.8 Å². The SMILES string of the molecule is CCCCCCCCCCCCCCCCCCOc1ccc(C(=O)Oc2ccc(-c3nnc(-c4ccc(OC(=O)c5ccc(OCCCCCCCCCCCCCCCCCC)cc5)cc4)[nH]3)cc2)cc1. The average molecular weight is 998 g/mol. The summed E-state index contributed by atoms with van der Waals surface area (Å²) < 4.78 is 23.2. The van der Waals surface area contributed by atoms with Crippen molar-refractivity contribution in [1.82, 2.24) is 15.2 Å². The zero-order valence-corrected chi connectivity index (χ0v) is 45.1. The maximum absolute atomic E-state index is 12.9. The first-order valence-electron chi connectivity index (χ1n) is 29.1. The van der Waals surface area contributed by atoms with Crippen LogP contribution >= 0.6 is 0 Å². The first kappa shape index (κ1) is 58.4. The van der Waals surface area contributed by atoms with Crippen LogP contribution < -0.4 is 18.9 Å². The van der Waals surface area contributed by atoms with E-state index in [-0.39, 0.29) is 0 Å². The van der Waals surface area contributed by atoms with Crippen LogP contribution in [0.2, 0.25) is 0 Å². The number of aromatic amines is 1. The lowest BCUT2D eigenvalue weighted by atomic mass is 10.0. The van der Waals surface area contributed by atoms with Crippen molar-refractivity contribution in [3.8, 4) is 45.8 Å². The second-order valence-corrected chi connectivity index (χ2v) is 20.2. The summed E-state index contributed by atoms with van der Waals surface area (Å²) in [7, 11) is 0. The zero-order valence-electron chi connectivity index (χ0n) is 45.1. The Morgan fingerprint density at radius 3 is 0.849 bits per heavy atom. The van der Waals surface area contributed by atoms with Crippen LogP contribution in [0.5, 0.6) is 23.0 Å². The van der Waals surface area contributed by atoms with E-state index in [1.54, 1.807) is 48.5 Å². The third-order valence-electron chi connectivity index (χ3n) is 13.9. The van der Waals surface area contributed by atoms with E-state index < -0.39 is 11.9 Å². The van der Waals surface area contributed by atoms with Gasteiger partial charge in [-0.2, -0.15) is 0 Å². The number of nitrogens with zero attached hydrogens (tertiary/aromatic N) is 2. The van der Waals surface area contributed by atoms with Gasteiger partial charge in [-0.25, -0.2) is 9.59 Å². The van der Waals surface area contributed by atoms with Gasteiger partial charge in [-0.05, 0) is 110 Å². The molecule has 9 heteroatoms. The van der Waals surface area contributed by atoms with Gasteiger partial charge in [0.15, 0.2) is 11.6 Å². The van der Waals surface area contributed by atoms with E-state index in [4.69, 9.17) is 18.9 Å². The Kier molecular flexibility index (Phi) is 29.9. The van der Waals surface area contributed by atoms with Crippen molar-refractivity contribution in [2.75, 3.05) is 13.2 Å². The standard InChI is InChI=1S/C64H91N3O6/c1-3-5-7-9-11-13-15-17-19-21-23-25-27-29-31-33-51-70-57-43-39-55(40-44-57)63(68)72-59-47-35-53(36-48-59)61-65-62(67-66-61)54-37-49-60(50-38-54)73-64(69)56-41-45-58(46-42-56)71-52-34-32-30-28-26-24-22-20-18-16-14-12-10-8-6-4-2/h35-50H,3-34,51-52H2,1-2H3,(H,65,66,67). The summed E-state index contributed by atoms with van der Waals surface area (Å²) in [6.07, 6.45) is 43.0. The van der Waals surface area contributed by atoms with Crippen LogP contribution in [0.4, 0.5) is 0 Å². The van der Waals surface area contributed by atoms with Crippen LogP contribution in [0, 0.1) is 0 Å².